The molecule has 0 fully saturated rings. The molecule has 25 heavy (non-hydrogen) atoms. The summed E-state index contributed by atoms with van der Waals surface area (Å²) in [5.41, 5.74) is 1.87. The highest BCUT2D eigenvalue weighted by Gasteiger charge is 2.22. The topological polar surface area (TPSA) is 108 Å². The largest absolute Gasteiger partial charge is 0.448 e. The molecule has 3 aromatic rings. The molecule has 1 aromatic carbocycles. The zero-order valence-corrected chi connectivity index (χ0v) is 14.1. The number of ether oxygens (including phenoxy) is 1. The highest BCUT2D eigenvalue weighted by atomic mass is 32.1. The van der Waals surface area contributed by atoms with Crippen LogP contribution in [0.15, 0.2) is 40.8 Å². The number of thiophene rings is 1. The number of aryl methyl sites for hydroxylation is 1. The third kappa shape index (κ3) is 3.72. The zero-order valence-electron chi connectivity index (χ0n) is 13.3. The Morgan fingerprint density at radius 1 is 1.24 bits per heavy atom. The molecule has 0 amide bonds. The van der Waals surface area contributed by atoms with E-state index in [2.05, 4.69) is 10.2 Å². The van der Waals surface area contributed by atoms with Gasteiger partial charge in [-0.1, -0.05) is 29.0 Å². The molecule has 0 saturated carbocycles. The molecule has 0 N–H and O–H groups in total. The Balaban J connectivity index is 1.70. The summed E-state index contributed by atoms with van der Waals surface area (Å²) in [4.78, 5) is 22.3. The second-order valence-corrected chi connectivity index (χ2v) is 6.32. The lowest BCUT2D eigenvalue weighted by Gasteiger charge is -2.07. The van der Waals surface area contributed by atoms with Gasteiger partial charge in [0.1, 0.15) is 4.88 Å². The van der Waals surface area contributed by atoms with Crippen molar-refractivity contribution < 1.29 is 18.9 Å². The van der Waals surface area contributed by atoms with Crippen molar-refractivity contribution in [3.05, 3.63) is 62.8 Å². The zero-order chi connectivity index (χ0) is 18.0. The van der Waals surface area contributed by atoms with Gasteiger partial charge in [0.15, 0.2) is 6.10 Å². The number of benzene rings is 1. The SMILES string of the molecule is Cc1ccc(-c2nnc([C@H](C)OC(=O)c3ccc([N+](=O)[O-])s3)o2)cc1. The first-order valence-corrected chi connectivity index (χ1v) is 8.11. The standard InChI is InChI=1S/C16H13N3O5S/c1-9-3-5-11(6-4-9)15-18-17-14(24-15)10(2)23-16(20)12-7-8-13(25-12)19(21)22/h3-8,10H,1-2H3/t10-/m0/s1. The van der Waals surface area contributed by atoms with E-state index in [1.165, 1.54) is 12.1 Å². The number of nitrogens with zero attached hydrogens (tertiary/aromatic N) is 3. The van der Waals surface area contributed by atoms with Gasteiger partial charge in [-0.25, -0.2) is 4.79 Å². The summed E-state index contributed by atoms with van der Waals surface area (Å²) < 4.78 is 10.8. The van der Waals surface area contributed by atoms with Gasteiger partial charge in [-0.15, -0.1) is 10.2 Å². The first-order chi connectivity index (χ1) is 11.9. The van der Waals surface area contributed by atoms with Crippen LogP contribution in [0.1, 0.15) is 34.2 Å². The molecule has 2 aromatic heterocycles. The Labute approximate surface area is 146 Å². The fourth-order valence-electron chi connectivity index (χ4n) is 2.02. The number of aromatic nitrogens is 2. The molecule has 9 heteroatoms. The van der Waals surface area contributed by atoms with Crippen LogP contribution in [0, 0.1) is 17.0 Å². The van der Waals surface area contributed by atoms with Gasteiger partial charge in [0.25, 0.3) is 5.89 Å². The van der Waals surface area contributed by atoms with Gasteiger partial charge in [0.05, 0.1) is 4.92 Å². The number of esters is 1. The summed E-state index contributed by atoms with van der Waals surface area (Å²) in [6.07, 6.45) is -0.777. The highest BCUT2D eigenvalue weighted by molar-refractivity contribution is 7.17. The van der Waals surface area contributed by atoms with Crippen LogP contribution >= 0.6 is 11.3 Å². The van der Waals surface area contributed by atoms with Crippen molar-refractivity contribution in [2.24, 2.45) is 0 Å². The number of hydrogen-bond acceptors (Lipinski definition) is 8. The van der Waals surface area contributed by atoms with Crippen molar-refractivity contribution in [2.45, 2.75) is 20.0 Å². The van der Waals surface area contributed by atoms with E-state index in [0.717, 1.165) is 22.5 Å². The Kier molecular flexibility index (Phi) is 4.57. The van der Waals surface area contributed by atoms with Crippen LogP contribution in [0.25, 0.3) is 11.5 Å². The van der Waals surface area contributed by atoms with Crippen LogP contribution in [0.3, 0.4) is 0 Å². The minimum Gasteiger partial charge on any atom is -0.448 e. The van der Waals surface area contributed by atoms with Gasteiger partial charge in [-0.2, -0.15) is 0 Å². The van der Waals surface area contributed by atoms with Crippen molar-refractivity contribution in [3.8, 4) is 11.5 Å². The Morgan fingerprint density at radius 2 is 1.96 bits per heavy atom. The molecule has 0 aliphatic heterocycles. The Hall–Kier alpha value is -3.07. The van der Waals surface area contributed by atoms with Crippen LogP contribution < -0.4 is 0 Å². The molecule has 0 aliphatic carbocycles. The molecular weight excluding hydrogens is 346 g/mol. The van der Waals surface area contributed by atoms with Crippen LogP contribution in [-0.4, -0.2) is 21.1 Å². The quantitative estimate of drug-likeness (QED) is 0.386. The summed E-state index contributed by atoms with van der Waals surface area (Å²) >= 11 is 0.749. The molecule has 8 nitrogen and oxygen atoms in total. The van der Waals surface area contributed by atoms with E-state index in [1.807, 2.05) is 31.2 Å². The van der Waals surface area contributed by atoms with Crippen molar-refractivity contribution >= 4 is 22.3 Å². The van der Waals surface area contributed by atoms with E-state index in [9.17, 15) is 14.9 Å². The summed E-state index contributed by atoms with van der Waals surface area (Å²) in [5, 5.41) is 18.4. The van der Waals surface area contributed by atoms with Crippen LogP contribution in [0.2, 0.25) is 0 Å². The number of hydrogen-bond donors (Lipinski definition) is 0. The molecule has 128 valence electrons. The molecule has 1 atom stereocenters. The van der Waals surface area contributed by atoms with E-state index in [1.54, 1.807) is 6.92 Å². The van der Waals surface area contributed by atoms with E-state index < -0.39 is 17.0 Å². The molecule has 3 rings (SSSR count). The monoisotopic (exact) mass is 359 g/mol. The summed E-state index contributed by atoms with van der Waals surface area (Å²) in [7, 11) is 0. The van der Waals surface area contributed by atoms with Gasteiger partial charge in [0.2, 0.25) is 5.89 Å². The molecule has 0 spiro atoms. The van der Waals surface area contributed by atoms with Crippen molar-refractivity contribution in [1.29, 1.82) is 0 Å². The summed E-state index contributed by atoms with van der Waals surface area (Å²) in [6.45, 7) is 3.56. The van der Waals surface area contributed by atoms with Crippen molar-refractivity contribution in [2.75, 3.05) is 0 Å². The Bertz CT molecular complexity index is 916. The van der Waals surface area contributed by atoms with Crippen molar-refractivity contribution in [3.63, 3.8) is 0 Å². The summed E-state index contributed by atoms with van der Waals surface area (Å²) in [6, 6.07) is 10.2. The maximum atomic E-state index is 12.1. The van der Waals surface area contributed by atoms with E-state index in [4.69, 9.17) is 9.15 Å². The maximum Gasteiger partial charge on any atom is 0.349 e. The predicted molar refractivity (Wildman–Crippen MR) is 89.3 cm³/mol. The van der Waals surface area contributed by atoms with E-state index in [0.29, 0.717) is 5.89 Å². The van der Waals surface area contributed by atoms with Crippen LogP contribution in [0.4, 0.5) is 5.00 Å². The van der Waals surface area contributed by atoms with E-state index >= 15 is 0 Å². The molecule has 0 saturated heterocycles. The molecule has 0 radical (unpaired) electrons. The Morgan fingerprint density at radius 3 is 2.60 bits per heavy atom. The van der Waals surface area contributed by atoms with E-state index in [-0.39, 0.29) is 15.8 Å². The minimum atomic E-state index is -0.777. The molecule has 0 bridgehead atoms. The van der Waals surface area contributed by atoms with Crippen LogP contribution in [0.5, 0.6) is 0 Å². The van der Waals surface area contributed by atoms with Gasteiger partial charge < -0.3 is 9.15 Å². The minimum absolute atomic E-state index is 0.126. The number of carbonyl (C=O) groups excluding carboxylic acids is 1. The average Bonchev–Trinajstić information content (AvgIpc) is 3.25. The number of carbonyl (C=O) groups is 1. The first kappa shape index (κ1) is 16.8. The second kappa shape index (κ2) is 6.81. The molecule has 0 aliphatic rings. The maximum absolute atomic E-state index is 12.1. The number of nitro groups is 1. The lowest BCUT2D eigenvalue weighted by atomic mass is 10.1. The normalized spacial score (nSPS) is 11.9. The fraction of sp³-hybridized carbons (Fsp3) is 0.188. The fourth-order valence-corrected chi connectivity index (χ4v) is 2.72. The lowest BCUT2D eigenvalue weighted by molar-refractivity contribution is -0.380. The van der Waals surface area contributed by atoms with Crippen LogP contribution in [-0.2, 0) is 4.74 Å². The second-order valence-electron chi connectivity index (χ2n) is 5.25. The average molecular weight is 359 g/mol. The third-order valence-corrected chi connectivity index (χ3v) is 4.36. The smallest absolute Gasteiger partial charge is 0.349 e. The lowest BCUT2D eigenvalue weighted by Crippen LogP contribution is -2.08. The van der Waals surface area contributed by atoms with Crippen molar-refractivity contribution in [1.82, 2.24) is 10.2 Å². The van der Waals surface area contributed by atoms with Gasteiger partial charge in [-0.05, 0) is 32.0 Å². The summed E-state index contributed by atoms with van der Waals surface area (Å²) in [5.74, 6) is -0.208. The van der Waals surface area contributed by atoms with Gasteiger partial charge in [0, 0.05) is 11.6 Å². The predicted octanol–water partition coefficient (Wildman–Crippen LogP) is 3.93. The number of rotatable bonds is 5. The first-order valence-electron chi connectivity index (χ1n) is 7.29. The molecular formula is C16H13N3O5S. The highest BCUT2D eigenvalue weighted by Crippen LogP contribution is 2.27. The third-order valence-electron chi connectivity index (χ3n) is 3.34. The van der Waals surface area contributed by atoms with Gasteiger partial charge in [-0.3, -0.25) is 10.1 Å². The molecule has 0 unspecified atom stereocenters. The molecule has 2 heterocycles. The van der Waals surface area contributed by atoms with Gasteiger partial charge >= 0.3 is 11.0 Å².